The molecular formula is C19H24O5. The third-order valence-electron chi connectivity index (χ3n) is 3.29. The maximum Gasteiger partial charge on any atom is 0.331 e. The van der Waals surface area contributed by atoms with Crippen LogP contribution in [-0.2, 0) is 23.9 Å². The molecule has 0 N–H and O–H groups in total. The maximum absolute atomic E-state index is 11.7. The molecule has 130 valence electrons. The Kier molecular flexibility index (Phi) is 9.31. The van der Waals surface area contributed by atoms with Crippen LogP contribution >= 0.6 is 0 Å². The normalized spacial score (nSPS) is 29.0. The quantitative estimate of drug-likeness (QED) is 0.419. The molecular weight excluding hydrogens is 308 g/mol. The van der Waals surface area contributed by atoms with Crippen molar-refractivity contribution in [3.8, 4) is 0 Å². The molecule has 0 aromatic heterocycles. The summed E-state index contributed by atoms with van der Waals surface area (Å²) in [7, 11) is 0. The van der Waals surface area contributed by atoms with Crippen molar-refractivity contribution < 1.29 is 23.9 Å². The van der Waals surface area contributed by atoms with Crippen LogP contribution in [-0.4, -0.2) is 37.4 Å². The number of esters is 1. The van der Waals surface area contributed by atoms with Gasteiger partial charge in [0.1, 0.15) is 0 Å². The minimum Gasteiger partial charge on any atom is -0.451 e. The summed E-state index contributed by atoms with van der Waals surface area (Å²) in [5.41, 5.74) is 1.74. The predicted octanol–water partition coefficient (Wildman–Crippen LogP) is 2.87. The first-order chi connectivity index (χ1) is 11.5. The highest BCUT2D eigenvalue weighted by Gasteiger charge is 2.12. The number of ketones is 1. The molecule has 0 aliphatic carbocycles. The Morgan fingerprint density at radius 3 is 2.71 bits per heavy atom. The Hall–Kier alpha value is -2.27. The van der Waals surface area contributed by atoms with E-state index in [0.717, 1.165) is 11.1 Å². The molecule has 0 aromatic carbocycles. The molecule has 0 saturated heterocycles. The average Bonchev–Trinajstić information content (AvgIpc) is 2.52. The SMILES string of the molecule is C/C1=C/C=C/C(=O)O[C@H](C=O)C/C(C)=C/COCC/C=C/C(=O)C1. The molecule has 1 atom stereocenters. The monoisotopic (exact) mass is 332 g/mol. The number of ether oxygens (including phenoxy) is 2. The van der Waals surface area contributed by atoms with Crippen molar-refractivity contribution >= 4 is 18.0 Å². The van der Waals surface area contributed by atoms with Gasteiger partial charge in [-0.2, -0.15) is 0 Å². The van der Waals surface area contributed by atoms with Gasteiger partial charge in [0, 0.05) is 18.9 Å². The number of hydrogen-bond donors (Lipinski definition) is 0. The largest absolute Gasteiger partial charge is 0.451 e. The maximum atomic E-state index is 11.7. The zero-order valence-electron chi connectivity index (χ0n) is 14.2. The minimum absolute atomic E-state index is 0.00222. The molecule has 0 radical (unpaired) electrons. The summed E-state index contributed by atoms with van der Waals surface area (Å²) in [5.74, 6) is -0.592. The molecule has 5 heteroatoms. The zero-order chi connectivity index (χ0) is 17.8. The number of aldehydes is 1. The van der Waals surface area contributed by atoms with Gasteiger partial charge in [-0.15, -0.1) is 0 Å². The number of carbonyl (C=O) groups excluding carboxylic acids is 3. The first-order valence-corrected chi connectivity index (χ1v) is 7.93. The van der Waals surface area contributed by atoms with E-state index >= 15 is 0 Å². The fraction of sp³-hybridized carbons (Fsp3) is 0.421. The molecule has 0 bridgehead atoms. The van der Waals surface area contributed by atoms with Gasteiger partial charge in [-0.25, -0.2) is 4.79 Å². The molecule has 24 heavy (non-hydrogen) atoms. The molecule has 0 unspecified atom stereocenters. The van der Waals surface area contributed by atoms with Gasteiger partial charge in [0.2, 0.25) is 0 Å². The van der Waals surface area contributed by atoms with Crippen molar-refractivity contribution in [2.45, 2.75) is 39.2 Å². The second kappa shape index (κ2) is 11.3. The summed E-state index contributed by atoms with van der Waals surface area (Å²) in [4.78, 5) is 34.5. The number of hydrogen-bond acceptors (Lipinski definition) is 5. The van der Waals surface area contributed by atoms with Crippen molar-refractivity contribution in [2.24, 2.45) is 0 Å². The molecule has 0 saturated carbocycles. The molecule has 1 heterocycles. The summed E-state index contributed by atoms with van der Waals surface area (Å²) in [5, 5.41) is 0. The summed E-state index contributed by atoms with van der Waals surface area (Å²) in [6, 6.07) is 0. The third-order valence-corrected chi connectivity index (χ3v) is 3.29. The minimum atomic E-state index is -0.813. The van der Waals surface area contributed by atoms with Gasteiger partial charge in [0.15, 0.2) is 18.2 Å². The third kappa shape index (κ3) is 9.00. The van der Waals surface area contributed by atoms with Gasteiger partial charge in [0.25, 0.3) is 0 Å². The standard InChI is InChI=1S/C19H24O5/c1-15-6-5-8-19(22)24-18(14-20)13-16(2)9-11-23-10-4-3-7-17(21)12-15/h3,5-9,14,18H,4,10-13H2,1-2H3/b7-3+,8-5+,15-6-,16-9+/t18-/m0/s1. The van der Waals surface area contributed by atoms with E-state index in [-0.39, 0.29) is 12.2 Å². The molecule has 1 rings (SSSR count). The highest BCUT2D eigenvalue weighted by molar-refractivity contribution is 5.91. The van der Waals surface area contributed by atoms with Crippen molar-refractivity contribution in [3.63, 3.8) is 0 Å². The summed E-state index contributed by atoms with van der Waals surface area (Å²) >= 11 is 0. The van der Waals surface area contributed by atoms with Gasteiger partial charge in [-0.3, -0.25) is 9.59 Å². The average molecular weight is 332 g/mol. The van der Waals surface area contributed by atoms with Gasteiger partial charge < -0.3 is 9.47 Å². The lowest BCUT2D eigenvalue weighted by molar-refractivity contribution is -0.146. The molecule has 0 fully saturated rings. The zero-order valence-corrected chi connectivity index (χ0v) is 14.2. The Bertz CT molecular complexity index is 566. The van der Waals surface area contributed by atoms with E-state index in [1.807, 2.05) is 19.9 Å². The van der Waals surface area contributed by atoms with E-state index in [1.54, 1.807) is 18.2 Å². The number of cyclic esters (lactones) is 1. The summed E-state index contributed by atoms with van der Waals surface area (Å²) in [6.07, 6.45) is 10.7. The van der Waals surface area contributed by atoms with Crippen molar-refractivity contribution in [3.05, 3.63) is 47.6 Å². The van der Waals surface area contributed by atoms with E-state index in [2.05, 4.69) is 0 Å². The fourth-order valence-corrected chi connectivity index (χ4v) is 2.04. The lowest BCUT2D eigenvalue weighted by Crippen LogP contribution is -2.18. The van der Waals surface area contributed by atoms with Crippen molar-refractivity contribution in [1.29, 1.82) is 0 Å². The molecule has 0 aromatic rings. The van der Waals surface area contributed by atoms with E-state index in [1.165, 1.54) is 12.2 Å². The van der Waals surface area contributed by atoms with Crippen molar-refractivity contribution in [2.75, 3.05) is 13.2 Å². The van der Waals surface area contributed by atoms with Gasteiger partial charge in [0.05, 0.1) is 13.2 Å². The van der Waals surface area contributed by atoms with Crippen molar-refractivity contribution in [1.82, 2.24) is 0 Å². The number of carbonyl (C=O) groups is 3. The summed E-state index contributed by atoms with van der Waals surface area (Å²) in [6.45, 7) is 4.59. The Morgan fingerprint density at radius 2 is 1.96 bits per heavy atom. The van der Waals surface area contributed by atoms with E-state index in [9.17, 15) is 14.4 Å². The smallest absolute Gasteiger partial charge is 0.331 e. The molecule has 1 aliphatic heterocycles. The van der Waals surface area contributed by atoms with Crippen LogP contribution in [0.1, 0.15) is 33.1 Å². The second-order valence-corrected chi connectivity index (χ2v) is 5.65. The topological polar surface area (TPSA) is 69.7 Å². The Balaban J connectivity index is 2.81. The molecule has 1 aliphatic rings. The fourth-order valence-electron chi connectivity index (χ4n) is 2.04. The first kappa shape index (κ1) is 19.8. The second-order valence-electron chi connectivity index (χ2n) is 5.65. The van der Waals surface area contributed by atoms with Crippen LogP contribution in [0, 0.1) is 0 Å². The van der Waals surface area contributed by atoms with Gasteiger partial charge >= 0.3 is 5.97 Å². The van der Waals surface area contributed by atoms with Crippen LogP contribution in [0.25, 0.3) is 0 Å². The Morgan fingerprint density at radius 1 is 1.17 bits per heavy atom. The predicted molar refractivity (Wildman–Crippen MR) is 91.4 cm³/mol. The van der Waals surface area contributed by atoms with Gasteiger partial charge in [-0.05, 0) is 26.3 Å². The lowest BCUT2D eigenvalue weighted by Gasteiger charge is -2.11. The Labute approximate surface area is 142 Å². The lowest BCUT2D eigenvalue weighted by atomic mass is 10.1. The van der Waals surface area contributed by atoms with E-state index in [4.69, 9.17) is 9.47 Å². The first-order valence-electron chi connectivity index (χ1n) is 7.93. The van der Waals surface area contributed by atoms with Crippen LogP contribution < -0.4 is 0 Å². The molecule has 5 nitrogen and oxygen atoms in total. The highest BCUT2D eigenvalue weighted by Crippen LogP contribution is 2.08. The van der Waals surface area contributed by atoms with Crippen LogP contribution in [0.15, 0.2) is 47.6 Å². The number of rotatable bonds is 1. The van der Waals surface area contributed by atoms with Crippen LogP contribution in [0.4, 0.5) is 0 Å². The molecule has 0 spiro atoms. The van der Waals surface area contributed by atoms with Crippen LogP contribution in [0.2, 0.25) is 0 Å². The van der Waals surface area contributed by atoms with E-state index < -0.39 is 12.1 Å². The molecule has 0 amide bonds. The van der Waals surface area contributed by atoms with Crippen LogP contribution in [0.5, 0.6) is 0 Å². The summed E-state index contributed by atoms with van der Waals surface area (Å²) < 4.78 is 10.5. The van der Waals surface area contributed by atoms with E-state index in [0.29, 0.717) is 32.3 Å². The number of allylic oxidation sites excluding steroid dienone is 4. The van der Waals surface area contributed by atoms with Crippen LogP contribution in [0.3, 0.4) is 0 Å². The highest BCUT2D eigenvalue weighted by atomic mass is 16.5. The van der Waals surface area contributed by atoms with Gasteiger partial charge in [-0.1, -0.05) is 35.5 Å².